The van der Waals surface area contributed by atoms with Gasteiger partial charge in [0.1, 0.15) is 17.4 Å². The molecule has 2 heterocycles. The molecule has 0 radical (unpaired) electrons. The van der Waals surface area contributed by atoms with Gasteiger partial charge in [-0.2, -0.15) is 26.3 Å². The highest BCUT2D eigenvalue weighted by molar-refractivity contribution is 6.30. The summed E-state index contributed by atoms with van der Waals surface area (Å²) in [5.41, 5.74) is -3.22. The molecule has 2 aromatic carbocycles. The Labute approximate surface area is 218 Å². The maximum atomic E-state index is 14.7. The van der Waals surface area contributed by atoms with Gasteiger partial charge in [-0.15, -0.1) is 0 Å². The van der Waals surface area contributed by atoms with Gasteiger partial charge in [0.2, 0.25) is 0 Å². The SMILES string of the molecule is O=C(N[C@@](Cc1ccccc1)(c1cc(F)cc(C(F)(F)F)c1)c1ccc(Cl)cn1)N1CCC[C@H]1C(F)(F)F. The monoisotopic (exact) mass is 559 g/mol. The van der Waals surface area contributed by atoms with Gasteiger partial charge in [0.15, 0.2) is 0 Å². The molecule has 1 aliphatic heterocycles. The third-order valence-corrected chi connectivity index (χ3v) is 6.63. The van der Waals surface area contributed by atoms with Crippen molar-refractivity contribution in [2.45, 2.75) is 43.2 Å². The molecule has 202 valence electrons. The molecule has 12 heteroatoms. The number of likely N-dealkylation sites (tertiary alicyclic amines) is 1. The number of benzene rings is 2. The van der Waals surface area contributed by atoms with E-state index in [2.05, 4.69) is 10.3 Å². The van der Waals surface area contributed by atoms with Crippen LogP contribution in [0.1, 0.15) is 35.2 Å². The van der Waals surface area contributed by atoms with Crippen LogP contribution in [0.25, 0.3) is 0 Å². The van der Waals surface area contributed by atoms with Crippen LogP contribution in [0, 0.1) is 5.82 Å². The van der Waals surface area contributed by atoms with Gasteiger partial charge >= 0.3 is 18.4 Å². The molecule has 0 saturated carbocycles. The second kappa shape index (κ2) is 10.4. The minimum absolute atomic E-state index is 0.0411. The normalized spacial score (nSPS) is 17.8. The maximum Gasteiger partial charge on any atom is 0.416 e. The second-order valence-corrected chi connectivity index (χ2v) is 9.42. The number of nitrogens with zero attached hydrogens (tertiary/aromatic N) is 2. The standard InChI is InChI=1S/C26H21ClF7N3O/c27-19-8-9-21(35-15-19)24(14-16-5-2-1-3-6-16,17-11-18(25(29,30)31)13-20(28)12-17)36-23(38)37-10-4-7-22(37)26(32,33)34/h1-3,5-6,8-9,11-13,15,22H,4,7,10,14H2,(H,36,38)/t22-,24-/m0/s1. The molecule has 1 fully saturated rings. The zero-order valence-electron chi connectivity index (χ0n) is 19.6. The molecule has 38 heavy (non-hydrogen) atoms. The predicted molar refractivity (Wildman–Crippen MR) is 126 cm³/mol. The zero-order chi connectivity index (χ0) is 27.7. The Balaban J connectivity index is 1.93. The van der Waals surface area contributed by atoms with E-state index < -0.39 is 41.3 Å². The van der Waals surface area contributed by atoms with Gasteiger partial charge in [0, 0.05) is 19.2 Å². The van der Waals surface area contributed by atoms with Gasteiger partial charge in [0.25, 0.3) is 0 Å². The largest absolute Gasteiger partial charge is 0.416 e. The summed E-state index contributed by atoms with van der Waals surface area (Å²) < 4.78 is 96.7. The second-order valence-electron chi connectivity index (χ2n) is 8.98. The fraction of sp³-hybridized carbons (Fsp3) is 0.308. The first-order chi connectivity index (χ1) is 17.8. The Hall–Kier alpha value is -3.34. The highest BCUT2D eigenvalue weighted by Gasteiger charge is 2.50. The molecule has 2 amide bonds. The highest BCUT2D eigenvalue weighted by Crippen LogP contribution is 2.39. The van der Waals surface area contributed by atoms with Crippen molar-refractivity contribution in [3.8, 4) is 0 Å². The van der Waals surface area contributed by atoms with Crippen molar-refractivity contribution in [3.05, 3.63) is 100 Å². The fourth-order valence-corrected chi connectivity index (χ4v) is 4.77. The molecular weight excluding hydrogens is 539 g/mol. The average molecular weight is 560 g/mol. The Kier molecular flexibility index (Phi) is 7.60. The first-order valence-corrected chi connectivity index (χ1v) is 11.9. The van der Waals surface area contributed by atoms with E-state index in [4.69, 9.17) is 11.6 Å². The number of nitrogens with one attached hydrogen (secondary N) is 1. The Morgan fingerprint density at radius 1 is 1.00 bits per heavy atom. The van der Waals surface area contributed by atoms with E-state index in [0.29, 0.717) is 22.6 Å². The number of hydrogen-bond donors (Lipinski definition) is 1. The van der Waals surface area contributed by atoms with Crippen molar-refractivity contribution >= 4 is 17.6 Å². The molecule has 3 aromatic rings. The molecule has 0 aliphatic carbocycles. The van der Waals surface area contributed by atoms with Crippen LogP contribution in [0.15, 0.2) is 66.9 Å². The number of alkyl halides is 6. The summed E-state index contributed by atoms with van der Waals surface area (Å²) in [6, 6.07) is 9.43. The summed E-state index contributed by atoms with van der Waals surface area (Å²) in [4.78, 5) is 18.2. The predicted octanol–water partition coefficient (Wildman–Crippen LogP) is 7.12. The zero-order valence-corrected chi connectivity index (χ0v) is 20.3. The average Bonchev–Trinajstić information content (AvgIpc) is 3.35. The molecule has 0 unspecified atom stereocenters. The number of aromatic nitrogens is 1. The van der Waals surface area contributed by atoms with Crippen LogP contribution in [-0.4, -0.2) is 34.7 Å². The van der Waals surface area contributed by atoms with E-state index in [1.165, 1.54) is 18.3 Å². The van der Waals surface area contributed by atoms with Crippen LogP contribution in [0.4, 0.5) is 35.5 Å². The smallest absolute Gasteiger partial charge is 0.322 e. The number of hydrogen-bond acceptors (Lipinski definition) is 2. The Morgan fingerprint density at radius 3 is 2.29 bits per heavy atom. The molecule has 4 rings (SSSR count). The summed E-state index contributed by atoms with van der Waals surface area (Å²) in [6.45, 7) is -0.220. The third kappa shape index (κ3) is 5.87. The summed E-state index contributed by atoms with van der Waals surface area (Å²) in [7, 11) is 0. The maximum absolute atomic E-state index is 14.7. The summed E-state index contributed by atoms with van der Waals surface area (Å²) in [5.74, 6) is -1.25. The summed E-state index contributed by atoms with van der Waals surface area (Å²) in [6.07, 6.45) is -8.96. The van der Waals surface area contributed by atoms with Crippen LogP contribution >= 0.6 is 11.6 Å². The van der Waals surface area contributed by atoms with Crippen molar-refractivity contribution in [1.82, 2.24) is 15.2 Å². The number of amides is 2. The van der Waals surface area contributed by atoms with Crippen LogP contribution in [0.2, 0.25) is 5.02 Å². The van der Waals surface area contributed by atoms with E-state index in [1.807, 2.05) is 0 Å². The van der Waals surface area contributed by atoms with E-state index in [1.54, 1.807) is 30.3 Å². The molecule has 2 atom stereocenters. The number of urea groups is 1. The number of halogens is 8. The topological polar surface area (TPSA) is 45.2 Å². The number of pyridine rings is 1. The summed E-state index contributed by atoms with van der Waals surface area (Å²) in [5, 5.41) is 2.70. The molecule has 0 bridgehead atoms. The Morgan fingerprint density at radius 2 is 1.68 bits per heavy atom. The molecular formula is C26H21ClF7N3O. The highest BCUT2D eigenvalue weighted by atomic mass is 35.5. The van der Waals surface area contributed by atoms with Crippen molar-refractivity contribution in [3.63, 3.8) is 0 Å². The van der Waals surface area contributed by atoms with E-state index in [0.717, 1.165) is 6.07 Å². The van der Waals surface area contributed by atoms with Crippen molar-refractivity contribution in [2.24, 2.45) is 0 Å². The van der Waals surface area contributed by atoms with Crippen molar-refractivity contribution in [1.29, 1.82) is 0 Å². The quantitative estimate of drug-likeness (QED) is 0.339. The molecule has 1 saturated heterocycles. The lowest BCUT2D eigenvalue weighted by atomic mass is 9.79. The number of carbonyl (C=O) groups excluding carboxylic acids is 1. The van der Waals surface area contributed by atoms with Crippen molar-refractivity contribution < 1.29 is 35.5 Å². The van der Waals surface area contributed by atoms with Gasteiger partial charge in [-0.25, -0.2) is 9.18 Å². The van der Waals surface area contributed by atoms with Crippen LogP contribution in [0.3, 0.4) is 0 Å². The van der Waals surface area contributed by atoms with Gasteiger partial charge in [-0.05, 0) is 54.3 Å². The molecule has 0 spiro atoms. The van der Waals surface area contributed by atoms with E-state index in [9.17, 15) is 35.5 Å². The third-order valence-electron chi connectivity index (χ3n) is 6.41. The minimum Gasteiger partial charge on any atom is -0.322 e. The van der Waals surface area contributed by atoms with E-state index in [-0.39, 0.29) is 42.1 Å². The van der Waals surface area contributed by atoms with Crippen molar-refractivity contribution in [2.75, 3.05) is 6.54 Å². The first-order valence-electron chi connectivity index (χ1n) is 11.5. The van der Waals surface area contributed by atoms with Crippen LogP contribution < -0.4 is 5.32 Å². The van der Waals surface area contributed by atoms with Crippen LogP contribution in [0.5, 0.6) is 0 Å². The fourth-order valence-electron chi connectivity index (χ4n) is 4.66. The summed E-state index contributed by atoms with van der Waals surface area (Å²) >= 11 is 5.97. The van der Waals surface area contributed by atoms with Crippen LogP contribution in [-0.2, 0) is 18.1 Å². The minimum atomic E-state index is -4.94. The first kappa shape index (κ1) is 27.7. The number of rotatable bonds is 5. The lowest BCUT2D eigenvalue weighted by Gasteiger charge is -2.38. The molecule has 1 aromatic heterocycles. The van der Waals surface area contributed by atoms with Gasteiger partial charge in [0.05, 0.1) is 16.3 Å². The molecule has 1 N–H and O–H groups in total. The Bertz CT molecular complexity index is 1280. The van der Waals surface area contributed by atoms with E-state index >= 15 is 0 Å². The lowest BCUT2D eigenvalue weighted by Crippen LogP contribution is -2.56. The molecule has 4 nitrogen and oxygen atoms in total. The van der Waals surface area contributed by atoms with Gasteiger partial charge in [-0.3, -0.25) is 4.98 Å². The van der Waals surface area contributed by atoms with Gasteiger partial charge in [-0.1, -0.05) is 41.9 Å². The number of carbonyl (C=O) groups is 1. The molecule has 1 aliphatic rings. The van der Waals surface area contributed by atoms with Gasteiger partial charge < -0.3 is 10.2 Å². The lowest BCUT2D eigenvalue weighted by molar-refractivity contribution is -0.169.